The van der Waals surface area contributed by atoms with Gasteiger partial charge in [0.1, 0.15) is 5.82 Å². The zero-order valence-electron chi connectivity index (χ0n) is 7.42. The van der Waals surface area contributed by atoms with Gasteiger partial charge >= 0.3 is 0 Å². The first kappa shape index (κ1) is 8.26. The van der Waals surface area contributed by atoms with Crippen LogP contribution in [0.1, 0.15) is 5.56 Å². The van der Waals surface area contributed by atoms with Crippen molar-refractivity contribution in [3.63, 3.8) is 0 Å². The van der Waals surface area contributed by atoms with Crippen LogP contribution in [0.5, 0.6) is 0 Å². The zero-order valence-corrected chi connectivity index (χ0v) is 7.42. The number of benzene rings is 1. The van der Waals surface area contributed by atoms with Gasteiger partial charge in [0.25, 0.3) is 0 Å². The van der Waals surface area contributed by atoms with Crippen LogP contribution >= 0.6 is 0 Å². The minimum absolute atomic E-state index is 0.195. The molecule has 0 aliphatic rings. The topological polar surface area (TPSA) is 30.9 Å². The van der Waals surface area contributed by atoms with Gasteiger partial charge in [0.05, 0.1) is 5.52 Å². The summed E-state index contributed by atoms with van der Waals surface area (Å²) in [4.78, 5) is 0. The van der Waals surface area contributed by atoms with Crippen molar-refractivity contribution < 1.29 is 4.39 Å². The Balaban J connectivity index is 2.87. The average molecular weight is 178 g/mol. The van der Waals surface area contributed by atoms with Gasteiger partial charge in [-0.1, -0.05) is 12.1 Å². The SMILES string of the molecule is Cn1cc(CN)c2cccc(F)c21. The number of hydrogen-bond donors (Lipinski definition) is 1. The molecule has 68 valence electrons. The van der Waals surface area contributed by atoms with E-state index in [4.69, 9.17) is 5.73 Å². The summed E-state index contributed by atoms with van der Waals surface area (Å²) in [5.74, 6) is -0.195. The van der Waals surface area contributed by atoms with Crippen molar-refractivity contribution in [1.82, 2.24) is 4.57 Å². The predicted molar refractivity (Wildman–Crippen MR) is 50.8 cm³/mol. The summed E-state index contributed by atoms with van der Waals surface area (Å²) in [6.07, 6.45) is 1.87. The van der Waals surface area contributed by atoms with Crippen LogP contribution in [0.4, 0.5) is 4.39 Å². The first-order valence-electron chi connectivity index (χ1n) is 4.16. The van der Waals surface area contributed by atoms with Crippen molar-refractivity contribution in [3.05, 3.63) is 35.8 Å². The van der Waals surface area contributed by atoms with Crippen LogP contribution in [0.3, 0.4) is 0 Å². The molecule has 2 nitrogen and oxygen atoms in total. The fraction of sp³-hybridized carbons (Fsp3) is 0.200. The van der Waals surface area contributed by atoms with E-state index in [0.29, 0.717) is 12.1 Å². The van der Waals surface area contributed by atoms with Gasteiger partial charge in [0, 0.05) is 25.2 Å². The van der Waals surface area contributed by atoms with Crippen LogP contribution in [0.25, 0.3) is 10.9 Å². The summed E-state index contributed by atoms with van der Waals surface area (Å²) < 4.78 is 15.1. The third kappa shape index (κ3) is 1.12. The highest BCUT2D eigenvalue weighted by atomic mass is 19.1. The number of para-hydroxylation sites is 1. The van der Waals surface area contributed by atoms with Crippen molar-refractivity contribution in [3.8, 4) is 0 Å². The van der Waals surface area contributed by atoms with E-state index in [9.17, 15) is 4.39 Å². The van der Waals surface area contributed by atoms with Crippen LogP contribution in [-0.2, 0) is 13.6 Å². The molecule has 13 heavy (non-hydrogen) atoms. The first-order chi connectivity index (χ1) is 6.24. The Bertz CT molecular complexity index is 445. The molecule has 0 aliphatic heterocycles. The molecule has 1 heterocycles. The Morgan fingerprint density at radius 3 is 2.92 bits per heavy atom. The second-order valence-corrected chi connectivity index (χ2v) is 3.11. The summed E-state index contributed by atoms with van der Waals surface area (Å²) in [7, 11) is 1.82. The molecule has 0 spiro atoms. The molecule has 0 amide bonds. The molecule has 1 aromatic heterocycles. The molecule has 0 radical (unpaired) electrons. The maximum atomic E-state index is 13.3. The number of aromatic nitrogens is 1. The van der Waals surface area contributed by atoms with E-state index in [2.05, 4.69) is 0 Å². The van der Waals surface area contributed by atoms with E-state index >= 15 is 0 Å². The minimum Gasteiger partial charge on any atom is -0.348 e. The fourth-order valence-electron chi connectivity index (χ4n) is 1.66. The first-order valence-corrected chi connectivity index (χ1v) is 4.16. The monoisotopic (exact) mass is 178 g/mol. The number of halogens is 1. The summed E-state index contributed by atoms with van der Waals surface area (Å²) in [6, 6.07) is 5.06. The van der Waals surface area contributed by atoms with E-state index in [0.717, 1.165) is 10.9 Å². The number of rotatable bonds is 1. The molecule has 2 aromatic rings. The molecule has 0 bridgehead atoms. The molecule has 0 fully saturated rings. The van der Waals surface area contributed by atoms with Crippen molar-refractivity contribution in [2.24, 2.45) is 12.8 Å². The molecule has 1 aromatic carbocycles. The molecule has 0 saturated carbocycles. The summed E-state index contributed by atoms with van der Waals surface area (Å²) in [5.41, 5.74) is 7.15. The largest absolute Gasteiger partial charge is 0.348 e. The summed E-state index contributed by atoms with van der Waals surface area (Å²) in [6.45, 7) is 0.445. The van der Waals surface area contributed by atoms with Crippen LogP contribution in [0.15, 0.2) is 24.4 Å². The van der Waals surface area contributed by atoms with Crippen molar-refractivity contribution in [2.75, 3.05) is 0 Å². The molecule has 2 N–H and O–H groups in total. The summed E-state index contributed by atoms with van der Waals surface area (Å²) in [5, 5.41) is 0.907. The smallest absolute Gasteiger partial charge is 0.147 e. The third-order valence-electron chi connectivity index (χ3n) is 2.25. The van der Waals surface area contributed by atoms with Gasteiger partial charge in [-0.15, -0.1) is 0 Å². The van der Waals surface area contributed by atoms with Crippen molar-refractivity contribution in [2.45, 2.75) is 6.54 Å². The van der Waals surface area contributed by atoms with E-state index in [-0.39, 0.29) is 5.82 Å². The predicted octanol–water partition coefficient (Wildman–Crippen LogP) is 1.78. The van der Waals surface area contributed by atoms with E-state index < -0.39 is 0 Å². The Hall–Kier alpha value is -1.35. The minimum atomic E-state index is -0.195. The Kier molecular flexibility index (Phi) is 1.81. The lowest BCUT2D eigenvalue weighted by molar-refractivity contribution is 0.632. The zero-order chi connectivity index (χ0) is 9.42. The van der Waals surface area contributed by atoms with Crippen LogP contribution < -0.4 is 5.73 Å². The Morgan fingerprint density at radius 2 is 2.23 bits per heavy atom. The molecule has 0 atom stereocenters. The highest BCUT2D eigenvalue weighted by molar-refractivity contribution is 5.84. The number of nitrogens with zero attached hydrogens (tertiary/aromatic N) is 1. The second kappa shape index (κ2) is 2.85. The normalized spacial score (nSPS) is 11.0. The van der Waals surface area contributed by atoms with Crippen LogP contribution in [0, 0.1) is 5.82 Å². The average Bonchev–Trinajstić information content (AvgIpc) is 2.44. The summed E-state index contributed by atoms with van der Waals surface area (Å²) >= 11 is 0. The maximum absolute atomic E-state index is 13.3. The highest BCUT2D eigenvalue weighted by Crippen LogP contribution is 2.22. The highest BCUT2D eigenvalue weighted by Gasteiger charge is 2.08. The molecule has 0 unspecified atom stereocenters. The Labute approximate surface area is 75.8 Å². The Morgan fingerprint density at radius 1 is 1.46 bits per heavy atom. The molecule has 3 heteroatoms. The number of fused-ring (bicyclic) bond motifs is 1. The standard InChI is InChI=1S/C10H11FN2/c1-13-6-7(5-12)8-3-2-4-9(11)10(8)13/h2-4,6H,5,12H2,1H3. The number of aryl methyl sites for hydroxylation is 1. The molecule has 2 rings (SSSR count). The van der Waals surface area contributed by atoms with Crippen molar-refractivity contribution in [1.29, 1.82) is 0 Å². The van der Waals surface area contributed by atoms with Gasteiger partial charge in [-0.2, -0.15) is 0 Å². The van der Waals surface area contributed by atoms with Gasteiger partial charge in [0.15, 0.2) is 0 Å². The molecule has 0 saturated heterocycles. The lowest BCUT2D eigenvalue weighted by atomic mass is 10.2. The lowest BCUT2D eigenvalue weighted by Crippen LogP contribution is -1.94. The lowest BCUT2D eigenvalue weighted by Gasteiger charge is -1.96. The maximum Gasteiger partial charge on any atom is 0.147 e. The van der Waals surface area contributed by atoms with Gasteiger partial charge in [-0.05, 0) is 11.6 Å². The van der Waals surface area contributed by atoms with Gasteiger partial charge in [-0.25, -0.2) is 4.39 Å². The fourth-order valence-corrected chi connectivity index (χ4v) is 1.66. The molecule has 0 aliphatic carbocycles. The van der Waals surface area contributed by atoms with Crippen LogP contribution in [0.2, 0.25) is 0 Å². The number of nitrogens with two attached hydrogens (primary N) is 1. The van der Waals surface area contributed by atoms with E-state index in [1.807, 2.05) is 19.3 Å². The quantitative estimate of drug-likeness (QED) is 0.709. The van der Waals surface area contributed by atoms with E-state index in [1.165, 1.54) is 6.07 Å². The molecular formula is C10H11FN2. The van der Waals surface area contributed by atoms with E-state index in [1.54, 1.807) is 10.6 Å². The second-order valence-electron chi connectivity index (χ2n) is 3.11. The van der Waals surface area contributed by atoms with Crippen LogP contribution in [-0.4, -0.2) is 4.57 Å². The third-order valence-corrected chi connectivity index (χ3v) is 2.25. The number of hydrogen-bond acceptors (Lipinski definition) is 1. The molecular weight excluding hydrogens is 167 g/mol. The van der Waals surface area contributed by atoms with Gasteiger partial charge in [-0.3, -0.25) is 0 Å². The van der Waals surface area contributed by atoms with Gasteiger partial charge in [0.2, 0.25) is 0 Å². The van der Waals surface area contributed by atoms with Crippen molar-refractivity contribution >= 4 is 10.9 Å². The van der Waals surface area contributed by atoms with Gasteiger partial charge < -0.3 is 10.3 Å².